The molecular formula is C20H14N2. The van der Waals surface area contributed by atoms with Crippen LogP contribution in [0.2, 0.25) is 0 Å². The summed E-state index contributed by atoms with van der Waals surface area (Å²) in [4.78, 5) is 4.81. The van der Waals surface area contributed by atoms with Gasteiger partial charge in [0.1, 0.15) is 0 Å². The molecule has 5 rings (SSSR count). The average molecular weight is 282 g/mol. The van der Waals surface area contributed by atoms with Gasteiger partial charge >= 0.3 is 0 Å². The normalized spacial score (nSPS) is 12.7. The Hall–Kier alpha value is -2.87. The second-order valence-electron chi connectivity index (χ2n) is 5.80. The molecule has 0 amide bonds. The number of anilines is 2. The number of hydrogen-bond acceptors (Lipinski definition) is 2. The van der Waals surface area contributed by atoms with Crippen LogP contribution in [0.4, 0.5) is 11.4 Å². The zero-order valence-corrected chi connectivity index (χ0v) is 12.0. The van der Waals surface area contributed by atoms with Crippen LogP contribution in [0.15, 0.2) is 66.7 Å². The monoisotopic (exact) mass is 282 g/mol. The summed E-state index contributed by atoms with van der Waals surface area (Å²) < 4.78 is 0. The van der Waals surface area contributed by atoms with Gasteiger partial charge in [0, 0.05) is 28.6 Å². The van der Waals surface area contributed by atoms with Gasteiger partial charge in [-0.25, -0.2) is 4.98 Å². The van der Waals surface area contributed by atoms with Gasteiger partial charge in [-0.1, -0.05) is 36.4 Å². The number of pyridine rings is 1. The van der Waals surface area contributed by atoms with Crippen LogP contribution < -0.4 is 5.32 Å². The summed E-state index contributed by atoms with van der Waals surface area (Å²) in [5, 5.41) is 6.00. The fourth-order valence-electron chi connectivity index (χ4n) is 3.35. The number of nitrogens with one attached hydrogen (secondary N) is 1. The lowest BCUT2D eigenvalue weighted by Crippen LogP contribution is -2.07. The largest absolute Gasteiger partial charge is 0.355 e. The Morgan fingerprint density at radius 1 is 0.773 bits per heavy atom. The zero-order valence-electron chi connectivity index (χ0n) is 12.0. The molecule has 2 heterocycles. The number of hydrogen-bond donors (Lipinski definition) is 1. The van der Waals surface area contributed by atoms with Gasteiger partial charge < -0.3 is 5.32 Å². The van der Waals surface area contributed by atoms with E-state index in [4.69, 9.17) is 4.98 Å². The highest BCUT2D eigenvalue weighted by Crippen LogP contribution is 2.37. The first-order valence-corrected chi connectivity index (χ1v) is 7.55. The second kappa shape index (κ2) is 4.31. The van der Waals surface area contributed by atoms with Gasteiger partial charge in [0.2, 0.25) is 0 Å². The Kier molecular flexibility index (Phi) is 2.30. The highest BCUT2D eigenvalue weighted by atomic mass is 14.9. The Morgan fingerprint density at radius 3 is 2.64 bits per heavy atom. The number of nitrogens with zero attached hydrogens (tertiary/aromatic N) is 1. The van der Waals surface area contributed by atoms with Crippen molar-refractivity contribution in [2.45, 2.75) is 6.42 Å². The summed E-state index contributed by atoms with van der Waals surface area (Å²) in [6.07, 6.45) is 0.954. The van der Waals surface area contributed by atoms with Crippen molar-refractivity contribution in [1.82, 2.24) is 4.98 Å². The molecule has 0 unspecified atom stereocenters. The van der Waals surface area contributed by atoms with Crippen LogP contribution in [0.25, 0.3) is 21.8 Å². The van der Waals surface area contributed by atoms with E-state index < -0.39 is 0 Å². The molecule has 0 bridgehead atoms. The van der Waals surface area contributed by atoms with E-state index in [1.54, 1.807) is 0 Å². The third-order valence-electron chi connectivity index (χ3n) is 4.47. The zero-order chi connectivity index (χ0) is 14.5. The molecule has 4 aromatic rings. The van der Waals surface area contributed by atoms with Crippen LogP contribution in [-0.2, 0) is 6.42 Å². The second-order valence-corrected chi connectivity index (χ2v) is 5.80. The van der Waals surface area contributed by atoms with Crippen molar-refractivity contribution in [3.8, 4) is 0 Å². The first-order chi connectivity index (χ1) is 10.9. The van der Waals surface area contributed by atoms with E-state index in [2.05, 4.69) is 66.0 Å². The maximum absolute atomic E-state index is 4.81. The fourth-order valence-corrected chi connectivity index (χ4v) is 3.35. The smallest absolute Gasteiger partial charge is 0.0714 e. The first-order valence-electron chi connectivity index (χ1n) is 7.55. The number of fused-ring (bicyclic) bond motifs is 5. The molecule has 0 fully saturated rings. The molecular weight excluding hydrogens is 268 g/mol. The predicted molar refractivity (Wildman–Crippen MR) is 91.8 cm³/mol. The lowest BCUT2D eigenvalue weighted by molar-refractivity contribution is 1.17. The van der Waals surface area contributed by atoms with Crippen LogP contribution in [0.3, 0.4) is 0 Å². The Balaban J connectivity index is 1.81. The molecule has 1 aliphatic heterocycles. The molecule has 2 nitrogen and oxygen atoms in total. The van der Waals surface area contributed by atoms with Crippen molar-refractivity contribution >= 4 is 33.2 Å². The summed E-state index contributed by atoms with van der Waals surface area (Å²) in [5.74, 6) is 0. The van der Waals surface area contributed by atoms with Gasteiger partial charge in [0.15, 0.2) is 0 Å². The molecule has 104 valence electrons. The third-order valence-corrected chi connectivity index (χ3v) is 4.47. The molecule has 0 spiro atoms. The van der Waals surface area contributed by atoms with Gasteiger partial charge in [0.25, 0.3) is 0 Å². The van der Waals surface area contributed by atoms with Crippen LogP contribution >= 0.6 is 0 Å². The topological polar surface area (TPSA) is 24.9 Å². The SMILES string of the molecule is c1ccc2c(c1)Cc1c(ccc3nc4ccccc4cc13)N2. The molecule has 1 aromatic heterocycles. The minimum atomic E-state index is 0.954. The van der Waals surface area contributed by atoms with Crippen molar-refractivity contribution < 1.29 is 0 Å². The Labute approximate surface area is 128 Å². The van der Waals surface area contributed by atoms with Crippen molar-refractivity contribution in [2.24, 2.45) is 0 Å². The molecule has 0 atom stereocenters. The molecule has 0 saturated carbocycles. The molecule has 0 radical (unpaired) electrons. The summed E-state index contributed by atoms with van der Waals surface area (Å²) in [6.45, 7) is 0. The van der Waals surface area contributed by atoms with E-state index in [1.165, 1.54) is 33.3 Å². The highest BCUT2D eigenvalue weighted by Gasteiger charge is 2.17. The van der Waals surface area contributed by atoms with Crippen molar-refractivity contribution in [2.75, 3.05) is 5.32 Å². The minimum Gasteiger partial charge on any atom is -0.355 e. The summed E-state index contributed by atoms with van der Waals surface area (Å²) >= 11 is 0. The maximum atomic E-state index is 4.81. The van der Waals surface area contributed by atoms with Crippen LogP contribution in [0.5, 0.6) is 0 Å². The van der Waals surface area contributed by atoms with Gasteiger partial charge in [0.05, 0.1) is 11.0 Å². The van der Waals surface area contributed by atoms with Crippen molar-refractivity contribution in [1.29, 1.82) is 0 Å². The molecule has 1 aliphatic rings. The van der Waals surface area contributed by atoms with E-state index in [-0.39, 0.29) is 0 Å². The molecule has 22 heavy (non-hydrogen) atoms. The molecule has 2 heteroatoms. The molecule has 3 aromatic carbocycles. The number of aromatic nitrogens is 1. The summed E-state index contributed by atoms with van der Waals surface area (Å²) in [6, 6.07) is 23.4. The number of benzene rings is 3. The van der Waals surface area contributed by atoms with Crippen LogP contribution in [0, 0.1) is 0 Å². The van der Waals surface area contributed by atoms with Crippen LogP contribution in [0.1, 0.15) is 11.1 Å². The number of para-hydroxylation sites is 2. The van der Waals surface area contributed by atoms with Crippen LogP contribution in [-0.4, -0.2) is 4.98 Å². The van der Waals surface area contributed by atoms with Gasteiger partial charge in [-0.15, -0.1) is 0 Å². The van der Waals surface area contributed by atoms with Crippen molar-refractivity contribution in [3.05, 3.63) is 77.9 Å². The lowest BCUT2D eigenvalue weighted by Gasteiger charge is -2.22. The summed E-state index contributed by atoms with van der Waals surface area (Å²) in [5.41, 5.74) is 7.22. The minimum absolute atomic E-state index is 0.954. The van der Waals surface area contributed by atoms with E-state index in [0.29, 0.717) is 0 Å². The summed E-state index contributed by atoms with van der Waals surface area (Å²) in [7, 11) is 0. The maximum Gasteiger partial charge on any atom is 0.0714 e. The predicted octanol–water partition coefficient (Wildman–Crippen LogP) is 5.04. The van der Waals surface area contributed by atoms with Gasteiger partial charge in [-0.2, -0.15) is 0 Å². The lowest BCUT2D eigenvalue weighted by atomic mass is 9.93. The van der Waals surface area contributed by atoms with Gasteiger partial charge in [-0.3, -0.25) is 0 Å². The standard InChI is InChI=1S/C20H14N2/c1-3-7-17-13(5-1)11-15-16-12-14-6-2-4-8-18(14)22-20(16)10-9-19(15)21-17/h1-11,22H,12H2. The molecule has 0 saturated heterocycles. The number of rotatable bonds is 0. The third kappa shape index (κ3) is 1.64. The fraction of sp³-hybridized carbons (Fsp3) is 0.0500. The van der Waals surface area contributed by atoms with E-state index >= 15 is 0 Å². The quantitative estimate of drug-likeness (QED) is 0.403. The van der Waals surface area contributed by atoms with Gasteiger partial charge in [-0.05, 0) is 41.5 Å². The van der Waals surface area contributed by atoms with E-state index in [1.807, 2.05) is 6.07 Å². The van der Waals surface area contributed by atoms with E-state index in [9.17, 15) is 0 Å². The Bertz CT molecular complexity index is 1030. The Morgan fingerprint density at radius 2 is 1.64 bits per heavy atom. The molecule has 1 N–H and O–H groups in total. The highest BCUT2D eigenvalue weighted by molar-refractivity contribution is 5.98. The van der Waals surface area contributed by atoms with Crippen molar-refractivity contribution in [3.63, 3.8) is 0 Å². The first kappa shape index (κ1) is 11.8. The van der Waals surface area contributed by atoms with E-state index in [0.717, 1.165) is 17.5 Å². The average Bonchev–Trinajstić information content (AvgIpc) is 2.58. The molecule has 0 aliphatic carbocycles.